The van der Waals surface area contributed by atoms with Gasteiger partial charge in [0.15, 0.2) is 4.96 Å². The Morgan fingerprint density at radius 1 is 1.07 bits per heavy atom. The number of thiazole rings is 1. The quantitative estimate of drug-likeness (QED) is 0.642. The minimum absolute atomic E-state index is 0.0203. The van der Waals surface area contributed by atoms with Crippen molar-refractivity contribution in [1.82, 2.24) is 9.38 Å². The fourth-order valence-electron chi connectivity index (χ4n) is 6.46. The lowest BCUT2D eigenvalue weighted by molar-refractivity contribution is 0.0107. The van der Waals surface area contributed by atoms with E-state index in [9.17, 15) is 4.79 Å². The molecular weight excluding hydrogens is 380 g/mol. The van der Waals surface area contributed by atoms with E-state index in [-0.39, 0.29) is 11.1 Å². The summed E-state index contributed by atoms with van der Waals surface area (Å²) < 4.78 is 1.59. The molecule has 3 aromatic rings. The Labute approximate surface area is 174 Å². The zero-order valence-electron chi connectivity index (χ0n) is 16.4. The Morgan fingerprint density at radius 3 is 2.48 bits per heavy atom. The fraction of sp³-hybridized carbons (Fsp3) is 0.478. The molecule has 0 aliphatic heterocycles. The number of para-hydroxylation sites is 2. The van der Waals surface area contributed by atoms with Crippen LogP contribution in [-0.2, 0) is 6.54 Å². The number of anilines is 2. The monoisotopic (exact) mass is 406 g/mol. The first kappa shape index (κ1) is 17.5. The smallest absolute Gasteiger partial charge is 0.258 e. The lowest BCUT2D eigenvalue weighted by Gasteiger charge is -2.57. The van der Waals surface area contributed by atoms with Crippen LogP contribution in [-0.4, -0.2) is 14.9 Å². The van der Waals surface area contributed by atoms with Gasteiger partial charge in [-0.05, 0) is 68.4 Å². The van der Waals surface area contributed by atoms with Crippen LogP contribution in [0.15, 0.2) is 46.7 Å². The average molecular weight is 407 g/mol. The van der Waals surface area contributed by atoms with E-state index in [1.165, 1.54) is 55.5 Å². The van der Waals surface area contributed by atoms with E-state index in [1.807, 2.05) is 5.38 Å². The van der Waals surface area contributed by atoms with Crippen LogP contribution in [0.4, 0.5) is 11.4 Å². The molecule has 4 fully saturated rings. The minimum Gasteiger partial charge on any atom is -0.378 e. The van der Waals surface area contributed by atoms with Crippen LogP contribution in [0.25, 0.3) is 4.96 Å². The summed E-state index contributed by atoms with van der Waals surface area (Å²) in [5.41, 5.74) is 3.31. The third-order valence-corrected chi connectivity index (χ3v) is 7.94. The van der Waals surface area contributed by atoms with Gasteiger partial charge in [0.05, 0.1) is 23.6 Å². The van der Waals surface area contributed by atoms with Crippen LogP contribution >= 0.6 is 11.3 Å². The largest absolute Gasteiger partial charge is 0.378 e. The number of nitrogens with zero attached hydrogens (tertiary/aromatic N) is 2. The van der Waals surface area contributed by atoms with Gasteiger partial charge in [0.25, 0.3) is 5.56 Å². The maximum Gasteiger partial charge on any atom is 0.258 e. The van der Waals surface area contributed by atoms with Gasteiger partial charge < -0.3 is 10.6 Å². The summed E-state index contributed by atoms with van der Waals surface area (Å²) in [4.78, 5) is 17.6. The summed E-state index contributed by atoms with van der Waals surface area (Å²) in [5, 5.41) is 9.40. The molecule has 4 saturated carbocycles. The summed E-state index contributed by atoms with van der Waals surface area (Å²) in [7, 11) is 0. The van der Waals surface area contributed by atoms with E-state index in [4.69, 9.17) is 0 Å². The Balaban J connectivity index is 1.23. The van der Waals surface area contributed by atoms with Gasteiger partial charge in [0.2, 0.25) is 0 Å². The molecule has 2 heterocycles. The average Bonchev–Trinajstić information content (AvgIpc) is 3.15. The van der Waals surface area contributed by atoms with Crippen molar-refractivity contribution in [3.8, 4) is 0 Å². The van der Waals surface area contributed by atoms with Crippen molar-refractivity contribution in [2.45, 2.75) is 50.6 Å². The van der Waals surface area contributed by atoms with E-state index in [1.54, 1.807) is 16.7 Å². The summed E-state index contributed by atoms with van der Waals surface area (Å²) in [6.07, 6.45) is 10.1. The topological polar surface area (TPSA) is 58.4 Å². The molecule has 0 spiro atoms. The van der Waals surface area contributed by atoms with Crippen LogP contribution < -0.4 is 16.2 Å². The molecule has 2 aromatic heterocycles. The molecule has 29 heavy (non-hydrogen) atoms. The van der Waals surface area contributed by atoms with Crippen molar-refractivity contribution in [3.05, 3.63) is 58.0 Å². The van der Waals surface area contributed by atoms with Gasteiger partial charge in [-0.15, -0.1) is 11.3 Å². The predicted molar refractivity (Wildman–Crippen MR) is 118 cm³/mol. The molecule has 0 radical (unpaired) electrons. The molecule has 7 rings (SSSR count). The van der Waals surface area contributed by atoms with E-state index in [2.05, 4.69) is 39.9 Å². The Hall–Kier alpha value is -2.34. The first-order chi connectivity index (χ1) is 14.2. The van der Waals surface area contributed by atoms with E-state index in [0.29, 0.717) is 6.54 Å². The molecule has 6 heteroatoms. The highest BCUT2D eigenvalue weighted by molar-refractivity contribution is 7.15. The SMILES string of the molecule is O=c1cc(CNc2ccccc2NC23CC4CC(CC(C4)C2)C3)nc2sccn12. The Kier molecular flexibility index (Phi) is 3.98. The maximum atomic E-state index is 12.2. The van der Waals surface area contributed by atoms with E-state index < -0.39 is 0 Å². The summed E-state index contributed by atoms with van der Waals surface area (Å²) in [6, 6.07) is 10.1. The van der Waals surface area contributed by atoms with Gasteiger partial charge in [-0.2, -0.15) is 0 Å². The van der Waals surface area contributed by atoms with Gasteiger partial charge >= 0.3 is 0 Å². The Morgan fingerprint density at radius 2 is 1.76 bits per heavy atom. The molecule has 4 aliphatic rings. The second-order valence-electron chi connectivity index (χ2n) is 9.36. The molecule has 0 atom stereocenters. The van der Waals surface area contributed by atoms with Crippen molar-refractivity contribution in [1.29, 1.82) is 0 Å². The summed E-state index contributed by atoms with van der Waals surface area (Å²) in [5.74, 6) is 2.76. The van der Waals surface area contributed by atoms with E-state index in [0.717, 1.165) is 34.1 Å². The molecule has 4 aliphatic carbocycles. The van der Waals surface area contributed by atoms with Crippen LogP contribution in [0.1, 0.15) is 44.2 Å². The van der Waals surface area contributed by atoms with Gasteiger partial charge in [0.1, 0.15) is 0 Å². The van der Waals surface area contributed by atoms with E-state index >= 15 is 0 Å². The van der Waals surface area contributed by atoms with Crippen LogP contribution in [0, 0.1) is 17.8 Å². The van der Waals surface area contributed by atoms with Gasteiger partial charge in [-0.25, -0.2) is 4.98 Å². The third-order valence-electron chi connectivity index (χ3n) is 7.18. The molecule has 2 N–H and O–H groups in total. The predicted octanol–water partition coefficient (Wildman–Crippen LogP) is 4.75. The summed E-state index contributed by atoms with van der Waals surface area (Å²) >= 11 is 1.49. The number of benzene rings is 1. The van der Waals surface area contributed by atoms with Crippen molar-refractivity contribution >= 4 is 27.7 Å². The second kappa shape index (κ2) is 6.59. The highest BCUT2D eigenvalue weighted by atomic mass is 32.1. The second-order valence-corrected chi connectivity index (χ2v) is 10.2. The number of rotatable bonds is 5. The molecule has 5 nitrogen and oxygen atoms in total. The third kappa shape index (κ3) is 3.14. The molecular formula is C23H26N4OS. The van der Waals surface area contributed by atoms with Crippen LogP contribution in [0.5, 0.6) is 0 Å². The molecule has 150 valence electrons. The first-order valence-corrected chi connectivity index (χ1v) is 11.6. The highest BCUT2D eigenvalue weighted by Crippen LogP contribution is 2.56. The zero-order valence-corrected chi connectivity index (χ0v) is 17.3. The fourth-order valence-corrected chi connectivity index (χ4v) is 7.20. The molecule has 0 saturated heterocycles. The van der Waals surface area contributed by atoms with Gasteiger partial charge in [-0.1, -0.05) is 12.1 Å². The van der Waals surface area contributed by atoms with Crippen molar-refractivity contribution in [2.24, 2.45) is 17.8 Å². The standard InChI is InChI=1S/C23H26N4OS/c28-21-10-18(25-22-27(21)5-6-29-22)14-24-19-3-1-2-4-20(19)26-23-11-15-7-16(12-23)9-17(8-15)13-23/h1-6,10,15-17,24,26H,7-9,11-14H2. The van der Waals surface area contributed by atoms with Gasteiger partial charge in [0, 0.05) is 23.2 Å². The molecule has 0 unspecified atom stereocenters. The lowest BCUT2D eigenvalue weighted by Crippen LogP contribution is -2.54. The minimum atomic E-state index is -0.0203. The van der Waals surface area contributed by atoms with Crippen molar-refractivity contribution in [3.63, 3.8) is 0 Å². The Bertz CT molecular complexity index is 1080. The molecule has 0 amide bonds. The van der Waals surface area contributed by atoms with Crippen molar-refractivity contribution < 1.29 is 0 Å². The summed E-state index contributed by atoms with van der Waals surface area (Å²) in [6.45, 7) is 0.545. The number of fused-ring (bicyclic) bond motifs is 1. The number of hydrogen-bond donors (Lipinski definition) is 2. The first-order valence-electron chi connectivity index (χ1n) is 10.7. The molecule has 4 bridgehead atoms. The maximum absolute atomic E-state index is 12.2. The zero-order chi connectivity index (χ0) is 19.4. The van der Waals surface area contributed by atoms with Crippen LogP contribution in [0.3, 0.4) is 0 Å². The number of nitrogens with one attached hydrogen (secondary N) is 2. The van der Waals surface area contributed by atoms with Crippen LogP contribution in [0.2, 0.25) is 0 Å². The van der Waals surface area contributed by atoms with Crippen molar-refractivity contribution in [2.75, 3.05) is 10.6 Å². The number of hydrogen-bond acceptors (Lipinski definition) is 5. The lowest BCUT2D eigenvalue weighted by atomic mass is 9.53. The van der Waals surface area contributed by atoms with Gasteiger partial charge in [-0.3, -0.25) is 9.20 Å². The molecule has 1 aromatic carbocycles. The number of aromatic nitrogens is 2. The highest BCUT2D eigenvalue weighted by Gasteiger charge is 2.51. The normalized spacial score (nSPS) is 30.0.